The first kappa shape index (κ1) is 16.6. The molecule has 0 fully saturated rings. The summed E-state index contributed by atoms with van der Waals surface area (Å²) in [7, 11) is 2.00. The molecule has 2 aromatic carbocycles. The number of hydrogen-bond acceptors (Lipinski definition) is 2. The van der Waals surface area contributed by atoms with Gasteiger partial charge in [0, 0.05) is 28.1 Å². The third-order valence-electron chi connectivity index (χ3n) is 3.40. The van der Waals surface area contributed by atoms with Gasteiger partial charge >= 0.3 is 0 Å². The second kappa shape index (κ2) is 7.49. The molecule has 1 atom stereocenters. The molecule has 2 N–H and O–H groups in total. The van der Waals surface area contributed by atoms with E-state index in [0.717, 1.165) is 20.1 Å². The Bertz CT molecular complexity index is 619. The summed E-state index contributed by atoms with van der Waals surface area (Å²) in [6.45, 7) is 1.15. The van der Waals surface area contributed by atoms with Gasteiger partial charge in [-0.3, -0.25) is 4.90 Å². The molecule has 0 aliphatic heterocycles. The predicted molar refractivity (Wildman–Crippen MR) is 91.5 cm³/mol. The van der Waals surface area contributed by atoms with Crippen LogP contribution < -0.4 is 5.73 Å². The highest BCUT2D eigenvalue weighted by Crippen LogP contribution is 2.28. The van der Waals surface area contributed by atoms with Crippen molar-refractivity contribution >= 4 is 31.9 Å². The molecule has 0 saturated carbocycles. The second-order valence-corrected chi connectivity index (χ2v) is 6.68. The first-order chi connectivity index (χ1) is 10.0. The van der Waals surface area contributed by atoms with Crippen molar-refractivity contribution in [3.05, 3.63) is 68.4 Å². The zero-order chi connectivity index (χ0) is 15.4. The number of rotatable bonds is 5. The SMILES string of the molecule is CN(Cc1cccc(F)c1)C(CN)c1ccc(Br)c(Br)c1. The van der Waals surface area contributed by atoms with Crippen molar-refractivity contribution in [2.24, 2.45) is 5.73 Å². The third-order valence-corrected chi connectivity index (χ3v) is 5.28. The highest BCUT2D eigenvalue weighted by atomic mass is 79.9. The molecule has 2 nitrogen and oxygen atoms in total. The minimum Gasteiger partial charge on any atom is -0.329 e. The van der Waals surface area contributed by atoms with Crippen LogP contribution in [0.15, 0.2) is 51.4 Å². The number of likely N-dealkylation sites (N-methyl/N-ethyl adjacent to an activating group) is 1. The number of nitrogens with two attached hydrogens (primary N) is 1. The maximum absolute atomic E-state index is 13.3. The van der Waals surface area contributed by atoms with Crippen LogP contribution in [0.1, 0.15) is 17.2 Å². The Morgan fingerprint density at radius 1 is 1.14 bits per heavy atom. The van der Waals surface area contributed by atoms with Crippen molar-refractivity contribution in [2.45, 2.75) is 12.6 Å². The Labute approximate surface area is 141 Å². The minimum absolute atomic E-state index is 0.0812. The maximum Gasteiger partial charge on any atom is 0.123 e. The van der Waals surface area contributed by atoms with Gasteiger partial charge in [-0.1, -0.05) is 18.2 Å². The van der Waals surface area contributed by atoms with E-state index in [1.807, 2.05) is 19.2 Å². The molecule has 0 bridgehead atoms. The molecule has 5 heteroatoms. The van der Waals surface area contributed by atoms with Crippen molar-refractivity contribution in [2.75, 3.05) is 13.6 Å². The number of hydrogen-bond donors (Lipinski definition) is 1. The lowest BCUT2D eigenvalue weighted by molar-refractivity contribution is 0.241. The molecule has 0 spiro atoms. The van der Waals surface area contributed by atoms with Gasteiger partial charge in [0.05, 0.1) is 0 Å². The van der Waals surface area contributed by atoms with Gasteiger partial charge in [0.25, 0.3) is 0 Å². The average molecular weight is 416 g/mol. The van der Waals surface area contributed by atoms with Gasteiger partial charge in [0.2, 0.25) is 0 Å². The fourth-order valence-corrected chi connectivity index (χ4v) is 2.97. The second-order valence-electron chi connectivity index (χ2n) is 4.97. The first-order valence-electron chi connectivity index (χ1n) is 6.61. The molecule has 0 heterocycles. The van der Waals surface area contributed by atoms with Gasteiger partial charge in [-0.2, -0.15) is 0 Å². The van der Waals surface area contributed by atoms with Crippen LogP contribution in [0.25, 0.3) is 0 Å². The summed E-state index contributed by atoms with van der Waals surface area (Å²) >= 11 is 6.98. The zero-order valence-corrected chi connectivity index (χ0v) is 14.9. The van der Waals surface area contributed by atoms with Crippen LogP contribution in [-0.2, 0) is 6.54 Å². The quantitative estimate of drug-likeness (QED) is 0.779. The van der Waals surface area contributed by atoms with E-state index in [1.54, 1.807) is 12.1 Å². The van der Waals surface area contributed by atoms with Crippen molar-refractivity contribution in [3.63, 3.8) is 0 Å². The summed E-state index contributed by atoms with van der Waals surface area (Å²) in [5, 5.41) is 0. The zero-order valence-electron chi connectivity index (χ0n) is 11.7. The van der Waals surface area contributed by atoms with E-state index in [0.29, 0.717) is 13.1 Å². The molecular weight excluding hydrogens is 399 g/mol. The lowest BCUT2D eigenvalue weighted by Gasteiger charge is -2.27. The maximum atomic E-state index is 13.3. The fraction of sp³-hybridized carbons (Fsp3) is 0.250. The van der Waals surface area contributed by atoms with Crippen molar-refractivity contribution in [3.8, 4) is 0 Å². The normalized spacial score (nSPS) is 12.7. The molecular formula is C16H17Br2FN2. The van der Waals surface area contributed by atoms with E-state index in [2.05, 4.69) is 48.9 Å². The van der Waals surface area contributed by atoms with Crippen LogP contribution in [0.3, 0.4) is 0 Å². The third kappa shape index (κ3) is 4.36. The van der Waals surface area contributed by atoms with E-state index in [-0.39, 0.29) is 11.9 Å². The highest BCUT2D eigenvalue weighted by molar-refractivity contribution is 9.13. The molecule has 21 heavy (non-hydrogen) atoms. The van der Waals surface area contributed by atoms with Crippen LogP contribution in [0.4, 0.5) is 4.39 Å². The van der Waals surface area contributed by atoms with Crippen LogP contribution >= 0.6 is 31.9 Å². The topological polar surface area (TPSA) is 29.3 Å². The summed E-state index contributed by atoms with van der Waals surface area (Å²) in [6.07, 6.45) is 0. The van der Waals surface area contributed by atoms with Crippen molar-refractivity contribution in [1.82, 2.24) is 4.90 Å². The summed E-state index contributed by atoms with van der Waals surface area (Å²) in [5.41, 5.74) is 8.00. The Kier molecular flexibility index (Phi) is 5.93. The van der Waals surface area contributed by atoms with Crippen LogP contribution in [0.5, 0.6) is 0 Å². The molecule has 0 aliphatic carbocycles. The Morgan fingerprint density at radius 2 is 1.90 bits per heavy atom. The van der Waals surface area contributed by atoms with Crippen LogP contribution in [0.2, 0.25) is 0 Å². The van der Waals surface area contributed by atoms with E-state index in [1.165, 1.54) is 6.07 Å². The molecule has 1 unspecified atom stereocenters. The van der Waals surface area contributed by atoms with Crippen LogP contribution in [-0.4, -0.2) is 18.5 Å². The van der Waals surface area contributed by atoms with Gasteiger partial charge in [-0.15, -0.1) is 0 Å². The number of halogens is 3. The molecule has 2 rings (SSSR count). The van der Waals surface area contributed by atoms with E-state index >= 15 is 0 Å². The van der Waals surface area contributed by atoms with Gasteiger partial charge in [-0.25, -0.2) is 4.39 Å². The van der Waals surface area contributed by atoms with Gasteiger partial charge in [0.1, 0.15) is 5.82 Å². The number of benzene rings is 2. The Balaban J connectivity index is 2.18. The molecule has 0 saturated heterocycles. The highest BCUT2D eigenvalue weighted by Gasteiger charge is 2.16. The Morgan fingerprint density at radius 3 is 2.52 bits per heavy atom. The largest absolute Gasteiger partial charge is 0.329 e. The van der Waals surface area contributed by atoms with E-state index in [4.69, 9.17) is 5.73 Å². The lowest BCUT2D eigenvalue weighted by Crippen LogP contribution is -2.30. The van der Waals surface area contributed by atoms with Crippen LogP contribution in [0, 0.1) is 5.82 Å². The molecule has 112 valence electrons. The summed E-state index contributed by atoms with van der Waals surface area (Å²) in [4.78, 5) is 2.13. The van der Waals surface area contributed by atoms with Crippen molar-refractivity contribution in [1.29, 1.82) is 0 Å². The van der Waals surface area contributed by atoms with Gasteiger partial charge < -0.3 is 5.73 Å². The lowest BCUT2D eigenvalue weighted by atomic mass is 10.0. The summed E-state index contributed by atoms with van der Waals surface area (Å²) in [6, 6.07) is 12.8. The molecule has 0 radical (unpaired) electrons. The molecule has 2 aromatic rings. The standard InChI is InChI=1S/C16H17Br2FN2/c1-21(10-11-3-2-4-13(19)7-11)16(9-20)12-5-6-14(17)15(18)8-12/h2-8,16H,9-10,20H2,1H3. The van der Waals surface area contributed by atoms with Gasteiger partial charge in [0.15, 0.2) is 0 Å². The summed E-state index contributed by atoms with van der Waals surface area (Å²) in [5.74, 6) is -0.211. The molecule has 0 aliphatic rings. The van der Waals surface area contributed by atoms with Crippen molar-refractivity contribution < 1.29 is 4.39 Å². The monoisotopic (exact) mass is 414 g/mol. The molecule has 0 aromatic heterocycles. The van der Waals surface area contributed by atoms with Gasteiger partial charge in [-0.05, 0) is 74.3 Å². The molecule has 0 amide bonds. The predicted octanol–water partition coefficient (Wildman–Crippen LogP) is 4.48. The fourth-order valence-electron chi connectivity index (χ4n) is 2.32. The smallest absolute Gasteiger partial charge is 0.123 e. The average Bonchev–Trinajstić information content (AvgIpc) is 2.43. The Hall–Kier alpha value is -0.750. The summed E-state index contributed by atoms with van der Waals surface area (Å²) < 4.78 is 15.3. The first-order valence-corrected chi connectivity index (χ1v) is 8.19. The van der Waals surface area contributed by atoms with E-state index < -0.39 is 0 Å². The number of nitrogens with zero attached hydrogens (tertiary/aromatic N) is 1. The van der Waals surface area contributed by atoms with E-state index in [9.17, 15) is 4.39 Å². The minimum atomic E-state index is -0.211.